The maximum Gasteiger partial charge on any atom is 0.322 e. The zero-order chi connectivity index (χ0) is 39.5. The molecule has 14 heteroatoms. The Balaban J connectivity index is 1.23. The zero-order valence-electron chi connectivity index (χ0n) is 33.8. The molecule has 0 bridgehead atoms. The highest BCUT2D eigenvalue weighted by molar-refractivity contribution is 7.46. The molecule has 1 aliphatic heterocycles. The van der Waals surface area contributed by atoms with Crippen LogP contribution in [0.1, 0.15) is 169 Å². The number of nitrogen functional groups attached to an aromatic ring is 1. The van der Waals surface area contributed by atoms with Gasteiger partial charge in [0.2, 0.25) is 0 Å². The van der Waals surface area contributed by atoms with Gasteiger partial charge in [0, 0.05) is 0 Å². The largest absolute Gasteiger partial charge is 0.746 e. The van der Waals surface area contributed by atoms with Crippen LogP contribution >= 0.6 is 7.82 Å². The molecule has 0 aromatic carbocycles. The van der Waals surface area contributed by atoms with Gasteiger partial charge in [-0.2, -0.15) is 0 Å². The Kier molecular flexibility index (Phi) is 21.0. The number of aliphatic hydroxyl groups excluding tert-OH is 2. The number of nitrogens with zero attached hydrogens (tertiary/aromatic N) is 4. The van der Waals surface area contributed by atoms with Gasteiger partial charge >= 0.3 is 13.8 Å². The average molecular weight is 781 g/mol. The van der Waals surface area contributed by atoms with E-state index in [1.54, 1.807) is 6.92 Å². The minimum atomic E-state index is -5.08. The van der Waals surface area contributed by atoms with Gasteiger partial charge in [-0.1, -0.05) is 144 Å². The summed E-state index contributed by atoms with van der Waals surface area (Å²) in [5, 5.41) is 21.2. The van der Waals surface area contributed by atoms with Crippen molar-refractivity contribution < 1.29 is 38.3 Å². The quantitative estimate of drug-likeness (QED) is 0.0528. The average Bonchev–Trinajstić information content (AvgIpc) is 3.67. The van der Waals surface area contributed by atoms with Gasteiger partial charge < -0.3 is 34.6 Å². The standard InChI is InChI=1S/C40H72N5O8P/c1-6-7-8-9-10-11-12-13-14-15-16-17-18-19-20-21-22-29(2)23-30(3)24-31(4)25-32(5)40(48)53-54(49,50)51-26-33-35(46)36(47)39(52-33)45-28-44-34-37(41)42-27-43-38(34)45/h27-33,35-36,39,46-47H,6-26H2,1-5H3,(H,49,50)(H2,41,42,43)/p-1/t29-,30-,31-,32-,33-,35-,36-,39-/m1/s1. The number of ether oxygens (including phenoxy) is 1. The molecule has 2 aromatic heterocycles. The van der Waals surface area contributed by atoms with Gasteiger partial charge in [-0.25, -0.2) is 15.0 Å². The van der Waals surface area contributed by atoms with Crippen molar-refractivity contribution in [2.24, 2.45) is 23.7 Å². The minimum Gasteiger partial charge on any atom is -0.746 e. The van der Waals surface area contributed by atoms with Crippen molar-refractivity contribution in [2.75, 3.05) is 12.3 Å². The lowest BCUT2D eigenvalue weighted by Gasteiger charge is -2.27. The van der Waals surface area contributed by atoms with Crippen LogP contribution < -0.4 is 10.6 Å². The number of unbranched alkanes of at least 4 members (excludes halogenated alkanes) is 15. The van der Waals surface area contributed by atoms with Crippen LogP contribution in [-0.2, 0) is 23.1 Å². The number of carbonyl (C=O) groups excluding carboxylic acids is 1. The molecule has 0 amide bonds. The highest BCUT2D eigenvalue weighted by Crippen LogP contribution is 2.42. The second-order valence-corrected chi connectivity index (χ2v) is 17.6. The van der Waals surface area contributed by atoms with E-state index in [0.717, 1.165) is 12.8 Å². The number of rotatable bonds is 29. The minimum absolute atomic E-state index is 0.129. The summed E-state index contributed by atoms with van der Waals surface area (Å²) in [6.07, 6.45) is 23.1. The molecule has 0 aliphatic carbocycles. The first-order valence-corrected chi connectivity index (χ1v) is 22.4. The normalized spacial score (nSPS) is 22.2. The van der Waals surface area contributed by atoms with Crippen LogP contribution in [0.15, 0.2) is 12.7 Å². The lowest BCUT2D eigenvalue weighted by atomic mass is 9.84. The molecule has 3 heterocycles. The molecule has 0 radical (unpaired) electrons. The third-order valence-electron chi connectivity index (χ3n) is 10.9. The van der Waals surface area contributed by atoms with Crippen molar-refractivity contribution in [3.05, 3.63) is 12.7 Å². The van der Waals surface area contributed by atoms with E-state index in [1.807, 2.05) is 0 Å². The Morgan fingerprint density at radius 3 is 1.96 bits per heavy atom. The third kappa shape index (κ3) is 16.1. The summed E-state index contributed by atoms with van der Waals surface area (Å²) in [7, 11) is -5.08. The van der Waals surface area contributed by atoms with Gasteiger partial charge in [0.05, 0.1) is 18.9 Å². The predicted octanol–water partition coefficient (Wildman–Crippen LogP) is 8.42. The molecule has 0 saturated carbocycles. The first-order chi connectivity index (χ1) is 25.8. The number of hydrogen-bond donors (Lipinski definition) is 3. The molecule has 1 fully saturated rings. The molecular weight excluding hydrogens is 709 g/mol. The highest BCUT2D eigenvalue weighted by Gasteiger charge is 2.45. The number of carbonyl (C=O) groups is 1. The van der Waals surface area contributed by atoms with Gasteiger partial charge in [-0.05, 0) is 37.0 Å². The van der Waals surface area contributed by atoms with Gasteiger partial charge in [-0.15, -0.1) is 0 Å². The highest BCUT2D eigenvalue weighted by atomic mass is 31.2. The lowest BCUT2D eigenvalue weighted by Crippen LogP contribution is -2.34. The van der Waals surface area contributed by atoms with Gasteiger partial charge in [-0.3, -0.25) is 13.9 Å². The van der Waals surface area contributed by atoms with Crippen LogP contribution in [0.25, 0.3) is 11.2 Å². The number of hydrogen-bond acceptors (Lipinski definition) is 12. The summed E-state index contributed by atoms with van der Waals surface area (Å²) < 4.78 is 29.3. The van der Waals surface area contributed by atoms with Crippen LogP contribution in [0.2, 0.25) is 0 Å². The van der Waals surface area contributed by atoms with Crippen LogP contribution in [-0.4, -0.2) is 60.6 Å². The fraction of sp³-hybridized carbons (Fsp3) is 0.850. The number of nitrogens with two attached hydrogens (primary N) is 1. The monoisotopic (exact) mass is 781 g/mol. The van der Waals surface area contributed by atoms with Crippen LogP contribution in [0.5, 0.6) is 0 Å². The molecule has 9 atom stereocenters. The van der Waals surface area contributed by atoms with Gasteiger partial charge in [0.1, 0.15) is 30.2 Å². The number of anilines is 1. The Morgan fingerprint density at radius 1 is 0.833 bits per heavy atom. The Hall–Kier alpha value is -2.15. The maximum absolute atomic E-state index is 12.7. The summed E-state index contributed by atoms with van der Waals surface area (Å²) in [6, 6.07) is 0. The van der Waals surface area contributed by atoms with Crippen molar-refractivity contribution in [1.82, 2.24) is 19.5 Å². The van der Waals surface area contributed by atoms with Crippen LogP contribution in [0.4, 0.5) is 5.82 Å². The second-order valence-electron chi connectivity index (χ2n) is 16.3. The molecule has 3 rings (SSSR count). The van der Waals surface area contributed by atoms with Crippen molar-refractivity contribution in [2.45, 2.75) is 188 Å². The lowest BCUT2D eigenvalue weighted by molar-refractivity contribution is -0.228. The Bertz CT molecular complexity index is 1400. The Labute approximate surface area is 324 Å². The second kappa shape index (κ2) is 24.5. The first kappa shape index (κ1) is 46.2. The molecule has 1 unspecified atom stereocenters. The summed E-state index contributed by atoms with van der Waals surface area (Å²) in [5.74, 6) is -0.0605. The molecule has 0 spiro atoms. The number of aromatic nitrogens is 4. The summed E-state index contributed by atoms with van der Waals surface area (Å²) in [5.41, 5.74) is 6.37. The van der Waals surface area contributed by atoms with Crippen molar-refractivity contribution in [3.63, 3.8) is 0 Å². The maximum atomic E-state index is 12.7. The van der Waals surface area contributed by atoms with E-state index in [4.69, 9.17) is 19.5 Å². The number of fused-ring (bicyclic) bond motifs is 1. The van der Waals surface area contributed by atoms with Gasteiger partial charge in [0.25, 0.3) is 0 Å². The summed E-state index contributed by atoms with van der Waals surface area (Å²) in [6.45, 7) is 9.92. The smallest absolute Gasteiger partial charge is 0.322 e. The molecule has 4 N–H and O–H groups in total. The van der Waals surface area contributed by atoms with E-state index >= 15 is 0 Å². The number of phosphoric acid groups is 1. The van der Waals surface area contributed by atoms with E-state index < -0.39 is 50.9 Å². The van der Waals surface area contributed by atoms with E-state index in [9.17, 15) is 24.5 Å². The molecule has 2 aromatic rings. The van der Waals surface area contributed by atoms with E-state index in [1.165, 1.54) is 126 Å². The number of phosphoric ester groups is 1. The fourth-order valence-corrected chi connectivity index (χ4v) is 8.75. The van der Waals surface area contributed by atoms with E-state index in [2.05, 4.69) is 42.6 Å². The molecule has 1 aliphatic rings. The Morgan fingerprint density at radius 2 is 1.37 bits per heavy atom. The summed E-state index contributed by atoms with van der Waals surface area (Å²) in [4.78, 5) is 37.4. The third-order valence-corrected chi connectivity index (χ3v) is 11.8. The van der Waals surface area contributed by atoms with Crippen molar-refractivity contribution in [3.8, 4) is 0 Å². The topological polar surface area (TPSA) is 195 Å². The van der Waals surface area contributed by atoms with Gasteiger partial charge in [0.15, 0.2) is 17.7 Å². The summed E-state index contributed by atoms with van der Waals surface area (Å²) >= 11 is 0. The number of imidazole rings is 1. The predicted molar refractivity (Wildman–Crippen MR) is 210 cm³/mol. The molecule has 13 nitrogen and oxygen atoms in total. The van der Waals surface area contributed by atoms with E-state index in [-0.39, 0.29) is 22.9 Å². The molecular formula is C40H71N5O8P-. The van der Waals surface area contributed by atoms with Crippen molar-refractivity contribution in [1.29, 1.82) is 0 Å². The number of aliphatic hydroxyl groups is 2. The van der Waals surface area contributed by atoms with Crippen molar-refractivity contribution >= 4 is 30.8 Å². The molecule has 310 valence electrons. The fourth-order valence-electron chi connectivity index (χ4n) is 7.97. The SMILES string of the molecule is CCCCCCCCCCCCCCCCCC[C@@H](C)C[C@@H](C)C[C@@H](C)C[C@@H](C)C(=O)OP(=O)([O-])OC[C@H]1O[C@@H](n2cnc3c(N)ncnc32)[C@H](O)[C@@H]1O. The van der Waals surface area contributed by atoms with E-state index in [0.29, 0.717) is 18.3 Å². The molecule has 1 saturated heterocycles. The molecule has 54 heavy (non-hydrogen) atoms. The van der Waals surface area contributed by atoms with Crippen LogP contribution in [0, 0.1) is 23.7 Å². The van der Waals surface area contributed by atoms with Crippen LogP contribution in [0.3, 0.4) is 0 Å². The first-order valence-electron chi connectivity index (χ1n) is 21.0. The zero-order valence-corrected chi connectivity index (χ0v) is 34.7.